The van der Waals surface area contributed by atoms with Crippen molar-refractivity contribution in [3.63, 3.8) is 0 Å². The van der Waals surface area contributed by atoms with E-state index in [-0.39, 0.29) is 11.9 Å². The van der Waals surface area contributed by atoms with Gasteiger partial charge in [-0.15, -0.1) is 0 Å². The first-order valence-corrected chi connectivity index (χ1v) is 9.39. The molecule has 5 nitrogen and oxygen atoms in total. The van der Waals surface area contributed by atoms with Crippen molar-refractivity contribution < 1.29 is 4.79 Å². The predicted octanol–water partition coefficient (Wildman–Crippen LogP) is 3.42. The Morgan fingerprint density at radius 1 is 1.07 bits per heavy atom. The Morgan fingerprint density at radius 2 is 1.74 bits per heavy atom. The third-order valence-corrected chi connectivity index (χ3v) is 4.49. The number of nitrogens with zero attached hydrogens (tertiary/aromatic N) is 2. The van der Waals surface area contributed by atoms with E-state index in [0.717, 1.165) is 24.5 Å². The number of guanidine groups is 1. The summed E-state index contributed by atoms with van der Waals surface area (Å²) in [6.45, 7) is 5.50. The first-order valence-electron chi connectivity index (χ1n) is 9.39. The molecule has 0 fully saturated rings. The number of benzene rings is 2. The molecule has 1 unspecified atom stereocenters. The molecule has 1 atom stereocenters. The maximum atomic E-state index is 12.1. The number of aliphatic imine (C=N–C) groups is 1. The van der Waals surface area contributed by atoms with Crippen LogP contribution in [0.25, 0.3) is 0 Å². The highest BCUT2D eigenvalue weighted by atomic mass is 16.1. The van der Waals surface area contributed by atoms with E-state index >= 15 is 0 Å². The number of carbonyl (C=O) groups excluding carboxylic acids is 1. The molecule has 2 rings (SSSR count). The van der Waals surface area contributed by atoms with Gasteiger partial charge in [-0.1, -0.05) is 49.4 Å². The highest BCUT2D eigenvalue weighted by molar-refractivity contribution is 5.94. The molecule has 2 aromatic carbocycles. The van der Waals surface area contributed by atoms with Crippen LogP contribution in [0.1, 0.15) is 41.8 Å². The van der Waals surface area contributed by atoms with Gasteiger partial charge >= 0.3 is 0 Å². The van der Waals surface area contributed by atoms with Crippen LogP contribution in [0.2, 0.25) is 0 Å². The standard InChI is InChI=1S/C22H30N4O/c1-5-17(2)25-21(27)20-13-11-18(12-14-20)15-24-22(23-3)26(4)16-19-9-7-6-8-10-19/h6-14,17H,5,15-16H2,1-4H3,(H,23,24)(H,25,27). The van der Waals surface area contributed by atoms with E-state index in [1.807, 2.05) is 56.4 Å². The first kappa shape index (κ1) is 20.5. The fourth-order valence-electron chi connectivity index (χ4n) is 2.68. The Bertz CT molecular complexity index is 741. The zero-order chi connectivity index (χ0) is 19.6. The average Bonchev–Trinajstić information content (AvgIpc) is 2.69. The minimum atomic E-state index is -0.0257. The summed E-state index contributed by atoms with van der Waals surface area (Å²) in [5.41, 5.74) is 3.02. The van der Waals surface area contributed by atoms with Crippen LogP contribution in [-0.4, -0.2) is 36.9 Å². The smallest absolute Gasteiger partial charge is 0.251 e. The first-order chi connectivity index (χ1) is 13.0. The second-order valence-corrected chi connectivity index (χ2v) is 6.72. The van der Waals surface area contributed by atoms with Gasteiger partial charge in [0.1, 0.15) is 0 Å². The van der Waals surface area contributed by atoms with Gasteiger partial charge in [0, 0.05) is 38.8 Å². The van der Waals surface area contributed by atoms with E-state index in [0.29, 0.717) is 12.1 Å². The molecule has 0 radical (unpaired) electrons. The molecule has 0 saturated heterocycles. The van der Waals surface area contributed by atoms with Crippen molar-refractivity contribution in [3.05, 3.63) is 71.3 Å². The van der Waals surface area contributed by atoms with Gasteiger partial charge < -0.3 is 15.5 Å². The number of carbonyl (C=O) groups is 1. The fourth-order valence-corrected chi connectivity index (χ4v) is 2.68. The summed E-state index contributed by atoms with van der Waals surface area (Å²) in [4.78, 5) is 18.6. The van der Waals surface area contributed by atoms with Gasteiger partial charge in [0.25, 0.3) is 5.91 Å². The number of nitrogens with one attached hydrogen (secondary N) is 2. The molecule has 1 amide bonds. The van der Waals surface area contributed by atoms with Crippen LogP contribution < -0.4 is 10.6 Å². The highest BCUT2D eigenvalue weighted by Gasteiger charge is 2.09. The molecule has 0 bridgehead atoms. The van der Waals surface area contributed by atoms with Crippen LogP contribution in [0.5, 0.6) is 0 Å². The van der Waals surface area contributed by atoms with Gasteiger partial charge in [-0.25, -0.2) is 0 Å². The van der Waals surface area contributed by atoms with Crippen LogP contribution >= 0.6 is 0 Å². The molecule has 5 heteroatoms. The molecule has 0 aliphatic heterocycles. The molecule has 0 heterocycles. The van der Waals surface area contributed by atoms with Gasteiger partial charge in [-0.05, 0) is 36.6 Å². The van der Waals surface area contributed by atoms with Crippen molar-refractivity contribution in [1.82, 2.24) is 15.5 Å². The monoisotopic (exact) mass is 366 g/mol. The molecule has 2 N–H and O–H groups in total. The van der Waals surface area contributed by atoms with Gasteiger partial charge in [0.05, 0.1) is 0 Å². The zero-order valence-electron chi connectivity index (χ0n) is 16.7. The Labute approximate surface area is 162 Å². The molecule has 27 heavy (non-hydrogen) atoms. The lowest BCUT2D eigenvalue weighted by atomic mass is 10.1. The summed E-state index contributed by atoms with van der Waals surface area (Å²) in [6.07, 6.45) is 0.920. The van der Waals surface area contributed by atoms with E-state index in [2.05, 4.69) is 39.6 Å². The van der Waals surface area contributed by atoms with E-state index < -0.39 is 0 Å². The van der Waals surface area contributed by atoms with Crippen LogP contribution in [0.3, 0.4) is 0 Å². The number of hydrogen-bond donors (Lipinski definition) is 2. The molecule has 2 aromatic rings. The maximum absolute atomic E-state index is 12.1. The maximum Gasteiger partial charge on any atom is 0.251 e. The van der Waals surface area contributed by atoms with Crippen molar-refractivity contribution in [3.8, 4) is 0 Å². The SMILES string of the molecule is CCC(C)NC(=O)c1ccc(CNC(=NC)N(C)Cc2ccccc2)cc1. The van der Waals surface area contributed by atoms with Crippen LogP contribution in [-0.2, 0) is 13.1 Å². The molecule has 0 aromatic heterocycles. The zero-order valence-corrected chi connectivity index (χ0v) is 16.7. The molecule has 144 valence electrons. The number of amides is 1. The van der Waals surface area contributed by atoms with Gasteiger partial charge in [-0.3, -0.25) is 9.79 Å². The predicted molar refractivity (Wildman–Crippen MR) is 112 cm³/mol. The molecular weight excluding hydrogens is 336 g/mol. The van der Waals surface area contributed by atoms with E-state index in [1.54, 1.807) is 7.05 Å². The molecule has 0 aliphatic carbocycles. The quantitative estimate of drug-likeness (QED) is 0.583. The summed E-state index contributed by atoms with van der Waals surface area (Å²) in [7, 11) is 3.80. The van der Waals surface area contributed by atoms with Gasteiger partial charge in [0.15, 0.2) is 5.96 Å². The van der Waals surface area contributed by atoms with Crippen molar-refractivity contribution in [1.29, 1.82) is 0 Å². The Morgan fingerprint density at radius 3 is 2.33 bits per heavy atom. The summed E-state index contributed by atoms with van der Waals surface area (Å²) >= 11 is 0. The molecule has 0 aliphatic rings. The lowest BCUT2D eigenvalue weighted by molar-refractivity contribution is 0.0939. The minimum absolute atomic E-state index is 0.0257. The topological polar surface area (TPSA) is 56.7 Å². The fraction of sp³-hybridized carbons (Fsp3) is 0.364. The van der Waals surface area contributed by atoms with Crippen LogP contribution in [0, 0.1) is 0 Å². The number of hydrogen-bond acceptors (Lipinski definition) is 2. The second-order valence-electron chi connectivity index (χ2n) is 6.72. The van der Waals surface area contributed by atoms with Crippen LogP contribution in [0.4, 0.5) is 0 Å². The Hall–Kier alpha value is -2.82. The second kappa shape index (κ2) is 10.4. The van der Waals surface area contributed by atoms with Crippen molar-refractivity contribution in [2.24, 2.45) is 4.99 Å². The third kappa shape index (κ3) is 6.44. The highest BCUT2D eigenvalue weighted by Crippen LogP contribution is 2.07. The number of rotatable bonds is 7. The van der Waals surface area contributed by atoms with E-state index in [1.165, 1.54) is 5.56 Å². The van der Waals surface area contributed by atoms with E-state index in [4.69, 9.17) is 0 Å². The van der Waals surface area contributed by atoms with Crippen molar-refractivity contribution >= 4 is 11.9 Å². The normalized spacial score (nSPS) is 12.4. The van der Waals surface area contributed by atoms with E-state index in [9.17, 15) is 4.79 Å². The van der Waals surface area contributed by atoms with Crippen molar-refractivity contribution in [2.75, 3.05) is 14.1 Å². The summed E-state index contributed by atoms with van der Waals surface area (Å²) in [5, 5.41) is 6.35. The Kier molecular flexibility index (Phi) is 7.86. The van der Waals surface area contributed by atoms with Crippen molar-refractivity contribution in [2.45, 2.75) is 39.4 Å². The van der Waals surface area contributed by atoms with Crippen LogP contribution in [0.15, 0.2) is 59.6 Å². The summed E-state index contributed by atoms with van der Waals surface area (Å²) in [5.74, 6) is 0.805. The molecule has 0 saturated carbocycles. The Balaban J connectivity index is 1.89. The molecule has 0 spiro atoms. The molecular formula is C22H30N4O. The summed E-state index contributed by atoms with van der Waals surface area (Å²) < 4.78 is 0. The third-order valence-electron chi connectivity index (χ3n) is 4.49. The van der Waals surface area contributed by atoms with Gasteiger partial charge in [0.2, 0.25) is 0 Å². The minimum Gasteiger partial charge on any atom is -0.352 e. The lowest BCUT2D eigenvalue weighted by Gasteiger charge is -2.22. The average molecular weight is 367 g/mol. The largest absolute Gasteiger partial charge is 0.352 e. The lowest BCUT2D eigenvalue weighted by Crippen LogP contribution is -2.38. The summed E-state index contributed by atoms with van der Waals surface area (Å²) in [6, 6.07) is 18.2. The van der Waals surface area contributed by atoms with Gasteiger partial charge in [-0.2, -0.15) is 0 Å².